The molecular weight excluding hydrogens is 344 g/mol. The highest BCUT2D eigenvalue weighted by atomic mass is 32.2. The zero-order valence-corrected chi connectivity index (χ0v) is 15.0. The van der Waals surface area contributed by atoms with Gasteiger partial charge >= 0.3 is 0 Å². The summed E-state index contributed by atoms with van der Waals surface area (Å²) < 4.78 is 2.09. The van der Waals surface area contributed by atoms with Crippen LogP contribution in [0.5, 0.6) is 0 Å². The number of para-hydroxylation sites is 3. The summed E-state index contributed by atoms with van der Waals surface area (Å²) in [6.45, 7) is 4.48. The molecule has 0 bridgehead atoms. The molecule has 0 saturated carbocycles. The third-order valence-corrected chi connectivity index (χ3v) is 4.79. The van der Waals surface area contributed by atoms with E-state index in [4.69, 9.17) is 5.26 Å². The number of carbonyl (C=O) groups is 1. The van der Waals surface area contributed by atoms with E-state index in [2.05, 4.69) is 27.5 Å². The molecule has 0 radical (unpaired) electrons. The topological polar surface area (TPSA) is 70.7 Å². The molecule has 0 aliphatic heterocycles. The van der Waals surface area contributed by atoms with E-state index in [1.165, 1.54) is 11.8 Å². The number of carbonyl (C=O) groups excluding carboxylic acids is 1. The Kier molecular flexibility index (Phi) is 5.72. The molecule has 5 nitrogen and oxygen atoms in total. The molecule has 0 atom stereocenters. The van der Waals surface area contributed by atoms with Crippen molar-refractivity contribution in [1.29, 1.82) is 5.26 Å². The minimum Gasteiger partial charge on any atom is -0.325 e. The lowest BCUT2D eigenvalue weighted by atomic mass is 10.2. The van der Waals surface area contributed by atoms with Crippen molar-refractivity contribution in [2.45, 2.75) is 18.1 Å². The van der Waals surface area contributed by atoms with Crippen LogP contribution in [0.1, 0.15) is 12.0 Å². The summed E-state index contributed by atoms with van der Waals surface area (Å²) in [5.41, 5.74) is 3.00. The van der Waals surface area contributed by atoms with Gasteiger partial charge in [0.25, 0.3) is 0 Å². The molecule has 0 spiro atoms. The van der Waals surface area contributed by atoms with E-state index in [1.807, 2.05) is 30.3 Å². The third kappa shape index (κ3) is 3.95. The Morgan fingerprint density at radius 2 is 2.04 bits per heavy atom. The summed E-state index contributed by atoms with van der Waals surface area (Å²) in [6, 6.07) is 17.0. The van der Waals surface area contributed by atoms with Crippen molar-refractivity contribution in [1.82, 2.24) is 9.55 Å². The maximum Gasteiger partial charge on any atom is 0.225 e. The number of nitriles is 1. The quantitative estimate of drug-likeness (QED) is 0.505. The molecule has 2 aromatic carbocycles. The molecular formula is C20H18N4OS. The number of rotatable bonds is 7. The molecule has 3 rings (SSSR count). The van der Waals surface area contributed by atoms with E-state index in [0.29, 0.717) is 30.0 Å². The molecule has 0 aliphatic rings. The number of aromatic nitrogens is 2. The molecule has 0 saturated heterocycles. The number of allylic oxidation sites excluding steroid dienone is 1. The molecule has 1 heterocycles. The van der Waals surface area contributed by atoms with Crippen LogP contribution in [0, 0.1) is 11.3 Å². The molecule has 1 aromatic heterocycles. The minimum absolute atomic E-state index is 0.119. The zero-order valence-electron chi connectivity index (χ0n) is 14.2. The Labute approximate surface area is 156 Å². The number of amides is 1. The summed E-state index contributed by atoms with van der Waals surface area (Å²) in [5, 5.41) is 12.7. The number of nitrogens with one attached hydrogen (secondary N) is 1. The molecule has 130 valence electrons. The largest absolute Gasteiger partial charge is 0.325 e. The highest BCUT2D eigenvalue weighted by molar-refractivity contribution is 7.99. The fourth-order valence-electron chi connectivity index (χ4n) is 2.61. The van der Waals surface area contributed by atoms with Gasteiger partial charge in [-0.25, -0.2) is 4.98 Å². The van der Waals surface area contributed by atoms with E-state index < -0.39 is 0 Å². The first-order chi connectivity index (χ1) is 12.7. The maximum atomic E-state index is 12.2. The van der Waals surface area contributed by atoms with Crippen LogP contribution in [-0.4, -0.2) is 21.2 Å². The van der Waals surface area contributed by atoms with Gasteiger partial charge in [-0.05, 0) is 24.3 Å². The van der Waals surface area contributed by atoms with Crippen LogP contribution in [0.25, 0.3) is 11.0 Å². The average Bonchev–Trinajstić information content (AvgIpc) is 3.00. The Bertz CT molecular complexity index is 987. The van der Waals surface area contributed by atoms with Crippen molar-refractivity contribution in [3.05, 3.63) is 66.7 Å². The molecule has 0 aliphatic carbocycles. The monoisotopic (exact) mass is 362 g/mol. The van der Waals surface area contributed by atoms with Crippen LogP contribution in [0.2, 0.25) is 0 Å². The Morgan fingerprint density at radius 1 is 1.27 bits per heavy atom. The summed E-state index contributed by atoms with van der Waals surface area (Å²) >= 11 is 1.54. The van der Waals surface area contributed by atoms with Crippen LogP contribution in [0.3, 0.4) is 0 Å². The van der Waals surface area contributed by atoms with Crippen LogP contribution in [-0.2, 0) is 11.3 Å². The third-order valence-electron chi connectivity index (χ3n) is 3.81. The van der Waals surface area contributed by atoms with Gasteiger partial charge in [-0.1, -0.05) is 42.1 Å². The first kappa shape index (κ1) is 17.8. The predicted octanol–water partition coefficient (Wildman–Crippen LogP) is 4.21. The van der Waals surface area contributed by atoms with Gasteiger partial charge in [0.05, 0.1) is 22.3 Å². The zero-order chi connectivity index (χ0) is 18.4. The lowest BCUT2D eigenvalue weighted by molar-refractivity contribution is -0.115. The fraction of sp³-hybridized carbons (Fsp3) is 0.150. The number of thioether (sulfide) groups is 1. The van der Waals surface area contributed by atoms with Crippen LogP contribution >= 0.6 is 11.8 Å². The van der Waals surface area contributed by atoms with Gasteiger partial charge in [-0.2, -0.15) is 5.26 Å². The van der Waals surface area contributed by atoms with Gasteiger partial charge in [-0.3, -0.25) is 4.79 Å². The summed E-state index contributed by atoms with van der Waals surface area (Å²) in [6.07, 6.45) is 2.17. The second-order valence-corrected chi connectivity index (χ2v) is 6.65. The smallest absolute Gasteiger partial charge is 0.225 e. The SMILES string of the molecule is C=CCn1c(SCCC(=O)Nc2ccccc2C#N)nc2ccccc21. The first-order valence-corrected chi connectivity index (χ1v) is 9.19. The van der Waals surface area contributed by atoms with Crippen molar-refractivity contribution < 1.29 is 4.79 Å². The van der Waals surface area contributed by atoms with Gasteiger partial charge in [0.15, 0.2) is 5.16 Å². The standard InChI is InChI=1S/C20H18N4OS/c1-2-12-24-18-10-6-5-9-17(18)23-20(24)26-13-11-19(25)22-16-8-4-3-7-15(16)14-21/h2-10H,1,11-13H2,(H,22,25). The Morgan fingerprint density at radius 3 is 2.85 bits per heavy atom. The number of fused-ring (bicyclic) bond motifs is 1. The lowest BCUT2D eigenvalue weighted by Crippen LogP contribution is -2.13. The predicted molar refractivity (Wildman–Crippen MR) is 105 cm³/mol. The van der Waals surface area contributed by atoms with E-state index >= 15 is 0 Å². The van der Waals surface area contributed by atoms with Gasteiger partial charge in [-0.15, -0.1) is 6.58 Å². The number of benzene rings is 2. The van der Waals surface area contributed by atoms with Gasteiger partial charge in [0.2, 0.25) is 5.91 Å². The van der Waals surface area contributed by atoms with Crippen molar-refractivity contribution in [2.24, 2.45) is 0 Å². The Hall–Kier alpha value is -3.04. The van der Waals surface area contributed by atoms with Crippen molar-refractivity contribution in [3.8, 4) is 6.07 Å². The van der Waals surface area contributed by atoms with Gasteiger partial charge in [0, 0.05) is 18.7 Å². The molecule has 26 heavy (non-hydrogen) atoms. The first-order valence-electron chi connectivity index (χ1n) is 8.21. The second kappa shape index (κ2) is 8.37. The molecule has 3 aromatic rings. The van der Waals surface area contributed by atoms with Gasteiger partial charge in [0.1, 0.15) is 6.07 Å². The lowest BCUT2D eigenvalue weighted by Gasteiger charge is -2.07. The van der Waals surface area contributed by atoms with Crippen LogP contribution in [0.4, 0.5) is 5.69 Å². The molecule has 6 heteroatoms. The van der Waals surface area contributed by atoms with E-state index in [-0.39, 0.29) is 5.91 Å². The van der Waals surface area contributed by atoms with Crippen molar-refractivity contribution in [3.63, 3.8) is 0 Å². The number of imidazole rings is 1. The van der Waals surface area contributed by atoms with Crippen LogP contribution in [0.15, 0.2) is 66.3 Å². The molecule has 1 N–H and O–H groups in total. The Balaban J connectivity index is 1.64. The number of hydrogen-bond acceptors (Lipinski definition) is 4. The molecule has 0 fully saturated rings. The summed E-state index contributed by atoms with van der Waals surface area (Å²) in [5.74, 6) is 0.479. The van der Waals surface area contributed by atoms with Crippen molar-refractivity contribution in [2.75, 3.05) is 11.1 Å². The molecule has 1 amide bonds. The highest BCUT2D eigenvalue weighted by Gasteiger charge is 2.11. The fourth-order valence-corrected chi connectivity index (χ4v) is 3.57. The number of hydrogen-bond donors (Lipinski definition) is 1. The summed E-state index contributed by atoms with van der Waals surface area (Å²) in [7, 11) is 0. The minimum atomic E-state index is -0.119. The summed E-state index contributed by atoms with van der Waals surface area (Å²) in [4.78, 5) is 16.8. The van der Waals surface area contributed by atoms with E-state index in [9.17, 15) is 4.79 Å². The average molecular weight is 362 g/mol. The normalized spacial score (nSPS) is 10.4. The van der Waals surface area contributed by atoms with E-state index in [1.54, 1.807) is 24.3 Å². The number of anilines is 1. The van der Waals surface area contributed by atoms with Crippen LogP contribution < -0.4 is 5.32 Å². The van der Waals surface area contributed by atoms with Gasteiger partial charge < -0.3 is 9.88 Å². The number of nitrogens with zero attached hydrogens (tertiary/aromatic N) is 3. The van der Waals surface area contributed by atoms with E-state index in [0.717, 1.165) is 16.2 Å². The highest BCUT2D eigenvalue weighted by Crippen LogP contribution is 2.25. The second-order valence-electron chi connectivity index (χ2n) is 5.59. The van der Waals surface area contributed by atoms with Crippen molar-refractivity contribution >= 4 is 34.4 Å². The molecule has 0 unspecified atom stereocenters. The maximum absolute atomic E-state index is 12.2.